The Bertz CT molecular complexity index is 665. The second-order valence-electron chi connectivity index (χ2n) is 4.60. The number of nitrogens with zero attached hydrogens (tertiary/aromatic N) is 2. The van der Waals surface area contributed by atoms with Crippen molar-refractivity contribution in [2.45, 2.75) is 13.3 Å². The average molecular weight is 284 g/mol. The summed E-state index contributed by atoms with van der Waals surface area (Å²) in [5.74, 6) is -1.50. The SMILES string of the molecule is CCc1ccc(N(C)C(=O)c2cccc(C(=O)O)n2)cc1. The number of anilines is 1. The van der Waals surface area contributed by atoms with Gasteiger partial charge in [0.05, 0.1) is 0 Å². The molecule has 0 aliphatic carbocycles. The summed E-state index contributed by atoms with van der Waals surface area (Å²) in [5.41, 5.74) is 1.89. The largest absolute Gasteiger partial charge is 0.477 e. The number of amides is 1. The topological polar surface area (TPSA) is 70.5 Å². The second-order valence-corrected chi connectivity index (χ2v) is 4.60. The molecule has 0 fully saturated rings. The molecule has 0 spiro atoms. The Labute approximate surface area is 122 Å². The van der Waals surface area contributed by atoms with Crippen molar-refractivity contribution < 1.29 is 14.7 Å². The molecule has 1 N–H and O–H groups in total. The van der Waals surface area contributed by atoms with Gasteiger partial charge in [-0.2, -0.15) is 0 Å². The zero-order valence-electron chi connectivity index (χ0n) is 11.9. The minimum Gasteiger partial charge on any atom is -0.477 e. The fourth-order valence-electron chi connectivity index (χ4n) is 1.92. The van der Waals surface area contributed by atoms with Gasteiger partial charge in [0.15, 0.2) is 0 Å². The number of rotatable bonds is 4. The molecule has 2 aromatic rings. The second kappa shape index (κ2) is 6.17. The van der Waals surface area contributed by atoms with Gasteiger partial charge in [-0.15, -0.1) is 0 Å². The van der Waals surface area contributed by atoms with Crippen molar-refractivity contribution in [2.24, 2.45) is 0 Å². The van der Waals surface area contributed by atoms with E-state index in [9.17, 15) is 9.59 Å². The fourth-order valence-corrected chi connectivity index (χ4v) is 1.92. The van der Waals surface area contributed by atoms with Crippen molar-refractivity contribution in [1.82, 2.24) is 4.98 Å². The molecule has 1 aromatic carbocycles. The van der Waals surface area contributed by atoms with Crippen LogP contribution in [0.25, 0.3) is 0 Å². The third-order valence-corrected chi connectivity index (χ3v) is 3.22. The first-order valence-electron chi connectivity index (χ1n) is 6.60. The molecule has 0 bridgehead atoms. The standard InChI is InChI=1S/C16H16N2O3/c1-3-11-7-9-12(10-8-11)18(2)15(19)13-5-4-6-14(17-13)16(20)21/h4-10H,3H2,1-2H3,(H,20,21). The minimum absolute atomic E-state index is 0.108. The van der Waals surface area contributed by atoms with Gasteiger partial charge >= 0.3 is 5.97 Å². The highest BCUT2D eigenvalue weighted by Gasteiger charge is 2.16. The van der Waals surface area contributed by atoms with Crippen molar-refractivity contribution in [3.8, 4) is 0 Å². The van der Waals surface area contributed by atoms with E-state index in [2.05, 4.69) is 11.9 Å². The lowest BCUT2D eigenvalue weighted by atomic mass is 10.1. The first-order valence-corrected chi connectivity index (χ1v) is 6.60. The number of aryl methyl sites for hydroxylation is 1. The maximum absolute atomic E-state index is 12.3. The van der Waals surface area contributed by atoms with E-state index in [0.29, 0.717) is 0 Å². The van der Waals surface area contributed by atoms with Crippen LogP contribution in [0.15, 0.2) is 42.5 Å². The summed E-state index contributed by atoms with van der Waals surface area (Å²) in [6.45, 7) is 2.06. The summed E-state index contributed by atoms with van der Waals surface area (Å²) < 4.78 is 0. The van der Waals surface area contributed by atoms with Gasteiger partial charge < -0.3 is 10.0 Å². The fraction of sp³-hybridized carbons (Fsp3) is 0.188. The van der Waals surface area contributed by atoms with Crippen LogP contribution in [0.3, 0.4) is 0 Å². The monoisotopic (exact) mass is 284 g/mol. The highest BCUT2D eigenvalue weighted by molar-refractivity contribution is 6.04. The van der Waals surface area contributed by atoms with Gasteiger partial charge in [0.2, 0.25) is 0 Å². The lowest BCUT2D eigenvalue weighted by Crippen LogP contribution is -2.27. The van der Waals surface area contributed by atoms with Gasteiger partial charge in [0.25, 0.3) is 5.91 Å². The molecule has 0 unspecified atom stereocenters. The molecule has 5 nitrogen and oxygen atoms in total. The molecule has 1 aromatic heterocycles. The Morgan fingerprint density at radius 2 is 1.71 bits per heavy atom. The van der Waals surface area contributed by atoms with E-state index in [0.717, 1.165) is 12.1 Å². The van der Waals surface area contributed by atoms with Crippen LogP contribution in [-0.4, -0.2) is 29.0 Å². The highest BCUT2D eigenvalue weighted by atomic mass is 16.4. The van der Waals surface area contributed by atoms with Crippen molar-refractivity contribution in [2.75, 3.05) is 11.9 Å². The number of aromatic carboxylic acids is 1. The van der Waals surface area contributed by atoms with Gasteiger partial charge in [-0.25, -0.2) is 9.78 Å². The van der Waals surface area contributed by atoms with Crippen LogP contribution < -0.4 is 4.90 Å². The van der Waals surface area contributed by atoms with E-state index in [-0.39, 0.29) is 17.3 Å². The zero-order valence-corrected chi connectivity index (χ0v) is 11.9. The maximum atomic E-state index is 12.3. The number of aromatic nitrogens is 1. The van der Waals surface area contributed by atoms with E-state index >= 15 is 0 Å². The Morgan fingerprint density at radius 1 is 1.10 bits per heavy atom. The van der Waals surface area contributed by atoms with Crippen LogP contribution in [0, 0.1) is 0 Å². The van der Waals surface area contributed by atoms with Gasteiger partial charge in [0.1, 0.15) is 11.4 Å². The quantitative estimate of drug-likeness (QED) is 0.937. The smallest absolute Gasteiger partial charge is 0.354 e. The molecule has 5 heteroatoms. The normalized spacial score (nSPS) is 10.2. The van der Waals surface area contributed by atoms with Gasteiger partial charge in [-0.1, -0.05) is 25.1 Å². The summed E-state index contributed by atoms with van der Waals surface area (Å²) in [6.07, 6.45) is 0.931. The van der Waals surface area contributed by atoms with Crippen LogP contribution in [0.1, 0.15) is 33.5 Å². The summed E-state index contributed by atoms with van der Waals surface area (Å²) in [6, 6.07) is 12.0. The van der Waals surface area contributed by atoms with Crippen molar-refractivity contribution >= 4 is 17.6 Å². The number of benzene rings is 1. The first-order chi connectivity index (χ1) is 10.0. The Balaban J connectivity index is 2.25. The third kappa shape index (κ3) is 3.25. The molecule has 21 heavy (non-hydrogen) atoms. The van der Waals surface area contributed by atoms with Gasteiger partial charge in [-0.05, 0) is 36.2 Å². The molecule has 0 saturated carbocycles. The molecule has 0 aliphatic heterocycles. The molecular weight excluding hydrogens is 268 g/mol. The number of carbonyl (C=O) groups is 2. The number of hydrogen-bond acceptors (Lipinski definition) is 3. The molecule has 0 radical (unpaired) electrons. The predicted molar refractivity (Wildman–Crippen MR) is 79.7 cm³/mol. The van der Waals surface area contributed by atoms with Crippen LogP contribution in [0.5, 0.6) is 0 Å². The Hall–Kier alpha value is -2.69. The van der Waals surface area contributed by atoms with Crippen molar-refractivity contribution in [3.63, 3.8) is 0 Å². The van der Waals surface area contributed by atoms with Gasteiger partial charge in [0, 0.05) is 12.7 Å². The van der Waals surface area contributed by atoms with E-state index in [4.69, 9.17) is 5.11 Å². The van der Waals surface area contributed by atoms with Crippen LogP contribution in [-0.2, 0) is 6.42 Å². The summed E-state index contributed by atoms with van der Waals surface area (Å²) in [7, 11) is 1.64. The van der Waals surface area contributed by atoms with Crippen molar-refractivity contribution in [1.29, 1.82) is 0 Å². The zero-order chi connectivity index (χ0) is 15.4. The van der Waals surface area contributed by atoms with Gasteiger partial charge in [-0.3, -0.25) is 4.79 Å². The van der Waals surface area contributed by atoms with Crippen LogP contribution in [0.4, 0.5) is 5.69 Å². The molecule has 0 atom stereocenters. The number of carboxylic acid groups (broad SMARTS) is 1. The first kappa shape index (κ1) is 14.7. The summed E-state index contributed by atoms with van der Waals surface area (Å²) in [5, 5.41) is 8.92. The molecule has 1 amide bonds. The molecular formula is C16H16N2O3. The molecule has 1 heterocycles. The lowest BCUT2D eigenvalue weighted by Gasteiger charge is -2.17. The number of pyridine rings is 1. The molecule has 0 aliphatic rings. The highest BCUT2D eigenvalue weighted by Crippen LogP contribution is 2.16. The Morgan fingerprint density at radius 3 is 2.29 bits per heavy atom. The lowest BCUT2D eigenvalue weighted by molar-refractivity contribution is 0.0690. The van der Waals surface area contributed by atoms with E-state index in [1.54, 1.807) is 7.05 Å². The number of carbonyl (C=O) groups excluding carboxylic acids is 1. The number of carboxylic acids is 1. The predicted octanol–water partition coefficient (Wildman–Crippen LogP) is 2.62. The van der Waals surface area contributed by atoms with Crippen LogP contribution in [0.2, 0.25) is 0 Å². The maximum Gasteiger partial charge on any atom is 0.354 e. The van der Waals surface area contributed by atoms with E-state index in [1.807, 2.05) is 24.3 Å². The Kier molecular flexibility index (Phi) is 4.33. The summed E-state index contributed by atoms with van der Waals surface area (Å²) >= 11 is 0. The van der Waals surface area contributed by atoms with E-state index < -0.39 is 5.97 Å². The minimum atomic E-state index is -1.15. The molecule has 0 saturated heterocycles. The van der Waals surface area contributed by atoms with Crippen LogP contribution >= 0.6 is 0 Å². The summed E-state index contributed by atoms with van der Waals surface area (Å²) in [4.78, 5) is 28.6. The van der Waals surface area contributed by atoms with E-state index in [1.165, 1.54) is 28.7 Å². The average Bonchev–Trinajstić information content (AvgIpc) is 2.53. The van der Waals surface area contributed by atoms with Crippen molar-refractivity contribution in [3.05, 3.63) is 59.4 Å². The third-order valence-electron chi connectivity index (χ3n) is 3.22. The molecule has 108 valence electrons. The molecule has 2 rings (SSSR count). The number of hydrogen-bond donors (Lipinski definition) is 1.